The molecule has 0 aliphatic carbocycles. The van der Waals surface area contributed by atoms with Crippen molar-refractivity contribution in [2.24, 2.45) is 5.41 Å². The van der Waals surface area contributed by atoms with Crippen LogP contribution in [0.1, 0.15) is 44.2 Å². The molecular weight excluding hydrogens is 654 g/mol. The van der Waals surface area contributed by atoms with Crippen LogP contribution >= 0.6 is 22.9 Å². The monoisotopic (exact) mass is 687 g/mol. The maximum absolute atomic E-state index is 16.0. The normalized spacial score (nSPS) is 16.4. The summed E-state index contributed by atoms with van der Waals surface area (Å²) in [6, 6.07) is 14.2. The van der Waals surface area contributed by atoms with Gasteiger partial charge in [0.1, 0.15) is 17.4 Å². The molecule has 1 spiro atoms. The van der Waals surface area contributed by atoms with Gasteiger partial charge in [-0.3, -0.25) is 5.32 Å². The number of fused-ring (bicyclic) bond motifs is 2. The number of aromatic nitrogens is 1. The van der Waals surface area contributed by atoms with Gasteiger partial charge >= 0.3 is 12.2 Å². The number of urea groups is 1. The van der Waals surface area contributed by atoms with Gasteiger partial charge in [-0.1, -0.05) is 56.6 Å². The lowest BCUT2D eigenvalue weighted by Gasteiger charge is -2.42. The second-order valence-corrected chi connectivity index (χ2v) is 14.6. The van der Waals surface area contributed by atoms with Crippen LogP contribution in [0.3, 0.4) is 0 Å². The predicted octanol–water partition coefficient (Wildman–Crippen LogP) is 9.50. The fourth-order valence-corrected chi connectivity index (χ4v) is 7.49. The van der Waals surface area contributed by atoms with Crippen molar-refractivity contribution in [3.8, 4) is 16.9 Å². The molecule has 2 aliphatic heterocycles. The van der Waals surface area contributed by atoms with Gasteiger partial charge in [0.2, 0.25) is 0 Å². The van der Waals surface area contributed by atoms with Gasteiger partial charge in [0.25, 0.3) is 0 Å². The van der Waals surface area contributed by atoms with Gasteiger partial charge in [0.15, 0.2) is 5.01 Å². The first-order valence-electron chi connectivity index (χ1n) is 15.2. The molecule has 0 atom stereocenters. The van der Waals surface area contributed by atoms with Crippen molar-refractivity contribution in [1.29, 1.82) is 0 Å². The number of nitrogens with zero attached hydrogens (tertiary/aromatic N) is 3. The fraction of sp³-hybridized carbons (Fsp3) is 0.353. The average molecular weight is 688 g/mol. The molecule has 7 nitrogen and oxygen atoms in total. The van der Waals surface area contributed by atoms with E-state index in [1.807, 2.05) is 4.90 Å². The van der Waals surface area contributed by atoms with Crippen molar-refractivity contribution in [2.75, 3.05) is 41.7 Å². The summed E-state index contributed by atoms with van der Waals surface area (Å²) in [5, 5.41) is 17.1. The van der Waals surface area contributed by atoms with Gasteiger partial charge < -0.3 is 20.2 Å². The minimum atomic E-state index is -4.62. The number of para-hydroxylation sites is 2. The number of rotatable bonds is 5. The number of likely N-dealkylation sites (tertiary alicyclic amines) is 1. The molecule has 0 bridgehead atoms. The maximum Gasteiger partial charge on any atom is 0.443 e. The van der Waals surface area contributed by atoms with E-state index in [0.29, 0.717) is 69.5 Å². The van der Waals surface area contributed by atoms with Crippen molar-refractivity contribution >= 4 is 51.8 Å². The van der Waals surface area contributed by atoms with E-state index in [9.17, 15) is 23.1 Å². The molecule has 1 aromatic heterocycles. The molecule has 2 aliphatic rings. The molecule has 4 aromatic rings. The quantitative estimate of drug-likeness (QED) is 0.182. The Labute approximate surface area is 279 Å². The van der Waals surface area contributed by atoms with Gasteiger partial charge in [0.05, 0.1) is 17.1 Å². The van der Waals surface area contributed by atoms with Gasteiger partial charge in [0, 0.05) is 40.5 Å². The number of phenols is 1. The lowest BCUT2D eigenvalue weighted by molar-refractivity contribution is -0.137. The number of carbonyl (C=O) groups excluding carboxylic acids is 1. The van der Waals surface area contributed by atoms with E-state index in [-0.39, 0.29) is 17.0 Å². The molecule has 2 amide bonds. The highest BCUT2D eigenvalue weighted by molar-refractivity contribution is 7.10. The summed E-state index contributed by atoms with van der Waals surface area (Å²) < 4.78 is 55.2. The molecule has 1 fully saturated rings. The molecule has 1 saturated heterocycles. The van der Waals surface area contributed by atoms with Gasteiger partial charge in [-0.25, -0.2) is 14.2 Å². The largest absolute Gasteiger partial charge is 0.506 e. The molecule has 3 N–H and O–H groups in total. The first kappa shape index (κ1) is 33.0. The zero-order valence-electron chi connectivity index (χ0n) is 26.0. The molecule has 0 radical (unpaired) electrons. The Bertz CT molecular complexity index is 1800. The van der Waals surface area contributed by atoms with E-state index in [1.165, 1.54) is 0 Å². The van der Waals surface area contributed by atoms with Crippen molar-refractivity contribution in [1.82, 2.24) is 9.88 Å². The standard InChI is InChI=1S/C34H34ClF4N5O2S/c1-32(2,3)18-43-14-12-33(13-15-43)19-44(29-25(45)16-22(36)27(28(29)33)20-8-10-21(35)11-9-20)24-7-5-4-6-23(24)40-31(46)42-26-17-47-30(41-26)34(37,38)39/h4-11,16-17,45H,12-15,18-19H2,1-3H3,(H2,40,42,46). The molecule has 13 heteroatoms. The number of alkyl halides is 3. The molecular formula is C34H34ClF4N5O2S. The van der Waals surface area contributed by atoms with Crippen LogP contribution in [-0.2, 0) is 11.6 Å². The molecule has 3 heterocycles. The van der Waals surface area contributed by atoms with Crippen LogP contribution in [-0.4, -0.2) is 47.2 Å². The van der Waals surface area contributed by atoms with Crippen LogP contribution in [0.25, 0.3) is 11.1 Å². The molecule has 0 saturated carbocycles. The third-order valence-corrected chi connectivity index (χ3v) is 9.71. The lowest BCUT2D eigenvalue weighted by Crippen LogP contribution is -2.47. The highest BCUT2D eigenvalue weighted by atomic mass is 35.5. The van der Waals surface area contributed by atoms with Crippen LogP contribution in [0.5, 0.6) is 5.75 Å². The Kier molecular flexibility index (Phi) is 8.65. The molecule has 6 rings (SSSR count). The minimum absolute atomic E-state index is 0.0982. The Morgan fingerprint density at radius 2 is 1.74 bits per heavy atom. The molecule has 248 valence electrons. The zero-order valence-corrected chi connectivity index (χ0v) is 27.6. The van der Waals surface area contributed by atoms with Crippen molar-refractivity contribution in [2.45, 2.75) is 45.2 Å². The molecule has 0 unspecified atom stereocenters. The average Bonchev–Trinajstić information content (AvgIpc) is 3.59. The zero-order chi connectivity index (χ0) is 33.7. The number of carbonyl (C=O) groups is 1. The van der Waals surface area contributed by atoms with Gasteiger partial charge in [-0.05, 0) is 66.7 Å². The van der Waals surface area contributed by atoms with E-state index in [2.05, 4.69) is 41.3 Å². The number of hydrogen-bond acceptors (Lipinski definition) is 6. The topological polar surface area (TPSA) is 80.7 Å². The Balaban J connectivity index is 1.40. The highest BCUT2D eigenvalue weighted by Gasteiger charge is 2.49. The number of hydrogen-bond donors (Lipinski definition) is 3. The SMILES string of the molecule is CC(C)(C)CN1CCC2(CC1)CN(c1ccccc1NC(=O)Nc1csc(C(F)(F)F)n1)c1c(O)cc(F)c(-c3ccc(Cl)cc3)c12. The van der Waals surface area contributed by atoms with Crippen LogP contribution < -0.4 is 15.5 Å². The first-order chi connectivity index (χ1) is 22.1. The first-order valence-corrected chi connectivity index (χ1v) is 16.4. The number of piperidine rings is 1. The highest BCUT2D eigenvalue weighted by Crippen LogP contribution is 2.58. The summed E-state index contributed by atoms with van der Waals surface area (Å²) in [6.45, 7) is 9.45. The Morgan fingerprint density at radius 1 is 1.06 bits per heavy atom. The van der Waals surface area contributed by atoms with Crippen LogP contribution in [0.15, 0.2) is 60.0 Å². The summed E-state index contributed by atoms with van der Waals surface area (Å²) >= 11 is 6.57. The summed E-state index contributed by atoms with van der Waals surface area (Å²) in [7, 11) is 0. The Hall–Kier alpha value is -3.87. The molecule has 47 heavy (non-hydrogen) atoms. The molecule has 3 aromatic carbocycles. The third-order valence-electron chi connectivity index (χ3n) is 8.57. The summed E-state index contributed by atoms with van der Waals surface area (Å²) in [6.07, 6.45) is -3.21. The number of aromatic hydroxyl groups is 1. The number of nitrogens with one attached hydrogen (secondary N) is 2. The van der Waals surface area contributed by atoms with E-state index < -0.39 is 28.4 Å². The fourth-order valence-electron chi connectivity index (χ4n) is 6.75. The number of benzene rings is 3. The van der Waals surface area contributed by atoms with E-state index >= 15 is 4.39 Å². The number of amides is 2. The predicted molar refractivity (Wildman–Crippen MR) is 179 cm³/mol. The number of phenolic OH excluding ortho intramolecular Hbond substituents is 1. The van der Waals surface area contributed by atoms with Crippen molar-refractivity contribution in [3.05, 3.63) is 81.4 Å². The van der Waals surface area contributed by atoms with Gasteiger partial charge in [-0.2, -0.15) is 13.2 Å². The van der Waals surface area contributed by atoms with Crippen molar-refractivity contribution in [3.63, 3.8) is 0 Å². The number of anilines is 4. The maximum atomic E-state index is 16.0. The van der Waals surface area contributed by atoms with E-state index in [1.54, 1.807) is 48.5 Å². The number of halogens is 5. The second kappa shape index (κ2) is 12.3. The van der Waals surface area contributed by atoms with Crippen LogP contribution in [0, 0.1) is 11.2 Å². The van der Waals surface area contributed by atoms with Crippen LogP contribution in [0.4, 0.5) is 45.2 Å². The van der Waals surface area contributed by atoms with E-state index in [0.717, 1.165) is 31.1 Å². The van der Waals surface area contributed by atoms with Crippen LogP contribution in [0.2, 0.25) is 5.02 Å². The van der Waals surface area contributed by atoms with E-state index in [4.69, 9.17) is 11.6 Å². The smallest absolute Gasteiger partial charge is 0.443 e. The van der Waals surface area contributed by atoms with Gasteiger partial charge in [-0.15, -0.1) is 11.3 Å². The van der Waals surface area contributed by atoms with Crippen molar-refractivity contribution < 1.29 is 27.5 Å². The minimum Gasteiger partial charge on any atom is -0.506 e. The second-order valence-electron chi connectivity index (χ2n) is 13.3. The summed E-state index contributed by atoms with van der Waals surface area (Å²) in [5.41, 5.74) is 2.63. The Morgan fingerprint density at radius 3 is 2.38 bits per heavy atom. The third kappa shape index (κ3) is 6.77. The number of thiazole rings is 1. The summed E-state index contributed by atoms with van der Waals surface area (Å²) in [5.74, 6) is -1.01. The summed E-state index contributed by atoms with van der Waals surface area (Å²) in [4.78, 5) is 20.8. The lowest BCUT2D eigenvalue weighted by atomic mass is 9.71.